The zero-order valence-corrected chi connectivity index (χ0v) is 22.8. The van der Waals surface area contributed by atoms with E-state index in [1.165, 1.54) is 17.0 Å². The number of carbonyl (C=O) groups is 2. The Morgan fingerprint density at radius 3 is 2.16 bits per heavy atom. The number of hydrogen-bond donors (Lipinski definition) is 0. The number of anilines is 1. The predicted molar refractivity (Wildman–Crippen MR) is 131 cm³/mol. The third-order valence-corrected chi connectivity index (χ3v) is 10.9. The van der Waals surface area contributed by atoms with Crippen molar-refractivity contribution in [1.29, 1.82) is 0 Å². The second kappa shape index (κ2) is 9.34. The highest BCUT2D eigenvalue weighted by atomic mass is 127. The molecule has 9 heteroatoms. The maximum atomic E-state index is 15.0. The molecule has 2 amide bonds. The molecule has 0 spiro atoms. The summed E-state index contributed by atoms with van der Waals surface area (Å²) in [6.45, 7) is 16.1. The molecule has 0 aliphatic carbocycles. The van der Waals surface area contributed by atoms with Crippen molar-refractivity contribution >= 4 is 48.6 Å². The zero-order valence-electron chi connectivity index (χ0n) is 19.7. The number of ether oxygens (including phenoxy) is 1. The molecule has 0 unspecified atom stereocenters. The number of hydrogen-bond acceptors (Lipinski definition) is 4. The van der Waals surface area contributed by atoms with Crippen molar-refractivity contribution in [3.8, 4) is 0 Å². The van der Waals surface area contributed by atoms with E-state index in [2.05, 4.69) is 56.5 Å². The molecule has 31 heavy (non-hydrogen) atoms. The van der Waals surface area contributed by atoms with Crippen LogP contribution in [0.1, 0.15) is 48.0 Å². The van der Waals surface area contributed by atoms with Gasteiger partial charge in [0.25, 0.3) is 5.91 Å². The standard InChI is InChI=1S/C22H34FIN2O4Si/c1-21(2,3)29-20(28)25-14-17(30-31(7,8)22(4,5)6)13-18(25)19(27)26(23)16-11-9-15(24)10-12-16/h9-12,17-18H,13-14H2,1-8H3/t17-,18-/m1/s1. The molecule has 1 aromatic rings. The fourth-order valence-corrected chi connectivity index (χ4v) is 4.78. The Hall–Kier alpha value is -1.20. The van der Waals surface area contributed by atoms with E-state index in [0.29, 0.717) is 0 Å². The summed E-state index contributed by atoms with van der Waals surface area (Å²) in [5.74, 6) is -0.798. The van der Waals surface area contributed by atoms with Crippen LogP contribution in [0.5, 0.6) is 0 Å². The minimum Gasteiger partial charge on any atom is -0.444 e. The molecule has 0 bridgehead atoms. The van der Waals surface area contributed by atoms with E-state index in [1.54, 1.807) is 32.9 Å². The second-order valence-corrected chi connectivity index (χ2v) is 16.5. The molecule has 174 valence electrons. The maximum Gasteiger partial charge on any atom is 0.411 e. The van der Waals surface area contributed by atoms with Gasteiger partial charge in [-0.3, -0.25) is 9.69 Å². The number of amides is 2. The Balaban J connectivity index is 2.28. The van der Waals surface area contributed by atoms with Crippen molar-refractivity contribution in [3.05, 3.63) is 27.8 Å². The minimum atomic E-state index is -2.14. The fourth-order valence-electron chi connectivity index (χ4n) is 3.06. The van der Waals surface area contributed by atoms with Crippen molar-refractivity contribution in [2.45, 2.75) is 83.8 Å². The third-order valence-electron chi connectivity index (χ3n) is 5.69. The molecule has 1 saturated heterocycles. The first-order chi connectivity index (χ1) is 14.0. The minimum absolute atomic E-state index is 0.0286. The smallest absolute Gasteiger partial charge is 0.411 e. The first-order valence-corrected chi connectivity index (χ1v) is 14.4. The van der Waals surface area contributed by atoms with Crippen LogP contribution in [0.25, 0.3) is 0 Å². The molecule has 0 saturated carbocycles. The molecule has 0 N–H and O–H groups in total. The van der Waals surface area contributed by atoms with Crippen LogP contribution in [0.15, 0.2) is 24.3 Å². The van der Waals surface area contributed by atoms with E-state index in [9.17, 15) is 9.59 Å². The Kier molecular flexibility index (Phi) is 7.85. The summed E-state index contributed by atoms with van der Waals surface area (Å²) < 4.78 is 27.9. The van der Waals surface area contributed by atoms with E-state index in [-0.39, 0.29) is 34.9 Å². The maximum absolute atomic E-state index is 15.0. The Bertz CT molecular complexity index is 805. The summed E-state index contributed by atoms with van der Waals surface area (Å²) in [7, 11) is -2.14. The number of carbonyl (C=O) groups excluding carboxylic acids is 2. The zero-order chi connectivity index (χ0) is 23.8. The average Bonchev–Trinajstić information content (AvgIpc) is 3.02. The van der Waals surface area contributed by atoms with E-state index >= 15 is 4.48 Å². The Morgan fingerprint density at radius 2 is 1.68 bits per heavy atom. The predicted octanol–water partition coefficient (Wildman–Crippen LogP) is 5.91. The lowest BCUT2D eigenvalue weighted by atomic mass is 10.1. The summed E-state index contributed by atoms with van der Waals surface area (Å²) in [4.78, 5) is 27.2. The first-order valence-electron chi connectivity index (χ1n) is 10.4. The van der Waals surface area contributed by atoms with Crippen LogP contribution < -0.4 is 5.12 Å². The van der Waals surface area contributed by atoms with Gasteiger partial charge in [0.15, 0.2) is 8.32 Å². The summed E-state index contributed by atoms with van der Waals surface area (Å²) in [6.07, 6.45) is -0.759. The molecular weight excluding hydrogens is 530 g/mol. The van der Waals surface area contributed by atoms with E-state index in [4.69, 9.17) is 9.16 Å². The van der Waals surface area contributed by atoms with E-state index in [0.717, 1.165) is 3.57 Å². The molecule has 1 aromatic carbocycles. The highest BCUT2D eigenvalue weighted by Crippen LogP contribution is 2.39. The van der Waals surface area contributed by atoms with Crippen molar-refractivity contribution in [1.82, 2.24) is 4.90 Å². The van der Waals surface area contributed by atoms with Gasteiger partial charge in [-0.05, 0) is 85.8 Å². The summed E-state index contributed by atoms with van der Waals surface area (Å²) >= 11 is 2.11. The van der Waals surface area contributed by atoms with Crippen LogP contribution in [0.4, 0.5) is 15.0 Å². The van der Waals surface area contributed by atoms with Gasteiger partial charge in [0.05, 0.1) is 11.8 Å². The van der Waals surface area contributed by atoms with Crippen molar-refractivity contribution < 1.29 is 23.2 Å². The summed E-state index contributed by atoms with van der Waals surface area (Å²) in [5, 5.41) is 0.0893. The lowest BCUT2D eigenvalue weighted by molar-refractivity contribution is -0.125. The molecule has 0 aromatic heterocycles. The SMILES string of the molecule is CC(C)(C)OC(=O)N1C[C@H](O[Si](C)(C)C(C)(C)C)C[C@@H]1C(=O)N(F)c1ccc(I)cc1. The number of halogens is 2. The first kappa shape index (κ1) is 26.1. The fraction of sp³-hybridized carbons (Fsp3) is 0.636. The van der Waals surface area contributed by atoms with Gasteiger partial charge >= 0.3 is 6.09 Å². The van der Waals surface area contributed by atoms with Crippen LogP contribution in [0.2, 0.25) is 18.1 Å². The largest absolute Gasteiger partial charge is 0.444 e. The van der Waals surface area contributed by atoms with Gasteiger partial charge < -0.3 is 9.16 Å². The van der Waals surface area contributed by atoms with Crippen LogP contribution in [-0.4, -0.2) is 49.5 Å². The van der Waals surface area contributed by atoms with Gasteiger partial charge in [0.1, 0.15) is 11.6 Å². The molecule has 2 rings (SSSR count). The molecule has 6 nitrogen and oxygen atoms in total. The summed E-state index contributed by atoms with van der Waals surface area (Å²) in [6, 6.07) is 5.53. The highest BCUT2D eigenvalue weighted by molar-refractivity contribution is 14.1. The Morgan fingerprint density at radius 1 is 1.13 bits per heavy atom. The van der Waals surface area contributed by atoms with Gasteiger partial charge in [0, 0.05) is 16.5 Å². The lowest BCUT2D eigenvalue weighted by Gasteiger charge is -2.38. The molecule has 0 radical (unpaired) electrons. The number of rotatable bonds is 4. The highest BCUT2D eigenvalue weighted by Gasteiger charge is 2.47. The molecule has 1 aliphatic rings. The molecule has 1 fully saturated rings. The van der Waals surface area contributed by atoms with Gasteiger partial charge in [-0.15, -0.1) is 5.12 Å². The second-order valence-electron chi connectivity index (χ2n) is 10.5. The van der Waals surface area contributed by atoms with Gasteiger partial charge in [-0.2, -0.15) is 0 Å². The number of nitrogens with zero attached hydrogens (tertiary/aromatic N) is 2. The van der Waals surface area contributed by atoms with E-state index in [1.807, 2.05) is 0 Å². The van der Waals surface area contributed by atoms with Crippen LogP contribution in [0, 0.1) is 3.57 Å². The number of likely N-dealkylation sites (tertiary alicyclic amines) is 1. The van der Waals surface area contributed by atoms with Crippen LogP contribution in [0.3, 0.4) is 0 Å². The molecular formula is C22H34FIN2O4Si. The lowest BCUT2D eigenvalue weighted by Crippen LogP contribution is -2.47. The topological polar surface area (TPSA) is 59.1 Å². The van der Waals surface area contributed by atoms with Gasteiger partial charge in [0.2, 0.25) is 0 Å². The molecule has 1 aliphatic heterocycles. The van der Waals surface area contributed by atoms with Crippen molar-refractivity contribution in [3.63, 3.8) is 0 Å². The van der Waals surface area contributed by atoms with Crippen LogP contribution in [-0.2, 0) is 14.0 Å². The summed E-state index contributed by atoms with van der Waals surface area (Å²) in [5.41, 5.74) is -0.600. The van der Waals surface area contributed by atoms with E-state index < -0.39 is 32.0 Å². The van der Waals surface area contributed by atoms with Crippen LogP contribution >= 0.6 is 22.6 Å². The number of benzene rings is 1. The normalized spacial score (nSPS) is 20.0. The van der Waals surface area contributed by atoms with Gasteiger partial charge in [-0.25, -0.2) is 4.79 Å². The molecule has 1 heterocycles. The monoisotopic (exact) mass is 564 g/mol. The molecule has 2 atom stereocenters. The Labute approximate surface area is 199 Å². The van der Waals surface area contributed by atoms with Crippen molar-refractivity contribution in [2.24, 2.45) is 0 Å². The van der Waals surface area contributed by atoms with Crippen molar-refractivity contribution in [2.75, 3.05) is 11.7 Å². The quantitative estimate of drug-likeness (QED) is 0.259. The van der Waals surface area contributed by atoms with Gasteiger partial charge in [-0.1, -0.05) is 25.3 Å². The average molecular weight is 565 g/mol. The third kappa shape index (κ3) is 6.64.